The average molecular weight is 210 g/mol. The molecule has 1 N–H and O–H groups in total. The molecule has 5 heteroatoms. The summed E-state index contributed by atoms with van der Waals surface area (Å²) in [6.07, 6.45) is 0.752. The van der Waals surface area contributed by atoms with E-state index in [1.807, 2.05) is 20.8 Å². The van der Waals surface area contributed by atoms with Crippen LogP contribution in [0.1, 0.15) is 33.6 Å². The molecule has 0 aliphatic carbocycles. The highest BCUT2D eigenvalue weighted by Gasteiger charge is 2.16. The van der Waals surface area contributed by atoms with Crippen LogP contribution in [0.15, 0.2) is 0 Å². The zero-order valence-corrected chi connectivity index (χ0v) is 9.39. The van der Waals surface area contributed by atoms with Crippen molar-refractivity contribution >= 4 is 10.1 Å². The molecule has 0 amide bonds. The number of aliphatic hydroxyl groups is 1. The molecule has 0 spiro atoms. The van der Waals surface area contributed by atoms with Gasteiger partial charge in [-0.15, -0.1) is 0 Å². The van der Waals surface area contributed by atoms with Crippen molar-refractivity contribution in [2.45, 2.75) is 39.9 Å². The van der Waals surface area contributed by atoms with Crippen LogP contribution in [0.25, 0.3) is 0 Å². The van der Waals surface area contributed by atoms with Gasteiger partial charge in [0.05, 0.1) is 6.26 Å². The van der Waals surface area contributed by atoms with E-state index in [-0.39, 0.29) is 5.41 Å². The molecule has 0 aromatic rings. The van der Waals surface area contributed by atoms with Gasteiger partial charge in [-0.05, 0) is 18.3 Å². The first-order valence-electron chi connectivity index (χ1n) is 4.16. The summed E-state index contributed by atoms with van der Waals surface area (Å²) in [6.45, 7) is 6.04. The first kappa shape index (κ1) is 12.9. The van der Waals surface area contributed by atoms with E-state index in [2.05, 4.69) is 4.18 Å². The minimum atomic E-state index is -3.54. The molecule has 13 heavy (non-hydrogen) atoms. The van der Waals surface area contributed by atoms with Gasteiger partial charge in [-0.3, -0.25) is 0 Å². The highest BCUT2D eigenvalue weighted by molar-refractivity contribution is 7.86. The summed E-state index contributed by atoms with van der Waals surface area (Å²) in [5, 5.41) is 9.15. The number of hydrogen-bond donors (Lipinski definition) is 1. The lowest BCUT2D eigenvalue weighted by molar-refractivity contribution is -0.0240. The maximum Gasteiger partial charge on any atom is 0.266 e. The van der Waals surface area contributed by atoms with Gasteiger partial charge in [0.15, 0.2) is 6.29 Å². The molecule has 0 aromatic carbocycles. The van der Waals surface area contributed by atoms with Crippen LogP contribution in [0, 0.1) is 5.41 Å². The van der Waals surface area contributed by atoms with Crippen molar-refractivity contribution in [2.24, 2.45) is 5.41 Å². The highest BCUT2D eigenvalue weighted by Crippen LogP contribution is 2.22. The van der Waals surface area contributed by atoms with Crippen LogP contribution in [0.2, 0.25) is 0 Å². The van der Waals surface area contributed by atoms with E-state index in [0.29, 0.717) is 12.8 Å². The fourth-order valence-electron chi connectivity index (χ4n) is 0.806. The summed E-state index contributed by atoms with van der Waals surface area (Å²) in [4.78, 5) is 0. The number of rotatable bonds is 4. The molecule has 0 fully saturated rings. The van der Waals surface area contributed by atoms with Crippen LogP contribution in [0.4, 0.5) is 0 Å². The number of hydrogen-bond acceptors (Lipinski definition) is 4. The number of aliphatic hydroxyl groups excluding tert-OH is 1. The van der Waals surface area contributed by atoms with Crippen LogP contribution in [0.3, 0.4) is 0 Å². The van der Waals surface area contributed by atoms with E-state index in [1.165, 1.54) is 0 Å². The topological polar surface area (TPSA) is 63.6 Å². The first-order chi connectivity index (χ1) is 5.60. The Bertz CT molecular complexity index is 237. The molecule has 4 nitrogen and oxygen atoms in total. The van der Waals surface area contributed by atoms with E-state index in [9.17, 15) is 8.42 Å². The normalized spacial score (nSPS) is 15.8. The molecule has 80 valence electrons. The second-order valence-electron chi connectivity index (χ2n) is 4.35. The summed E-state index contributed by atoms with van der Waals surface area (Å²) in [5.74, 6) is 0. The van der Waals surface area contributed by atoms with Gasteiger partial charge in [-0.2, -0.15) is 8.42 Å². The Kier molecular flexibility index (Phi) is 4.35. The Morgan fingerprint density at radius 1 is 1.38 bits per heavy atom. The lowest BCUT2D eigenvalue weighted by atomic mass is 9.90. The molecule has 0 bridgehead atoms. The zero-order valence-electron chi connectivity index (χ0n) is 8.57. The molecule has 1 atom stereocenters. The fraction of sp³-hybridized carbons (Fsp3) is 1.00. The van der Waals surface area contributed by atoms with Crippen molar-refractivity contribution < 1.29 is 17.7 Å². The third kappa shape index (κ3) is 9.79. The molecular weight excluding hydrogens is 192 g/mol. The first-order valence-corrected chi connectivity index (χ1v) is 5.98. The maximum atomic E-state index is 10.6. The molecule has 0 rings (SSSR count). The molecular formula is C8H18O4S. The standard InChI is InChI=1S/C8H18O4S/c1-8(2,3)6-5-7(9)12-13(4,10)11/h7,9H,5-6H2,1-4H3. The maximum absolute atomic E-state index is 10.6. The Balaban J connectivity index is 3.84. The largest absolute Gasteiger partial charge is 0.367 e. The van der Waals surface area contributed by atoms with Gasteiger partial charge < -0.3 is 5.11 Å². The second-order valence-corrected chi connectivity index (χ2v) is 5.96. The van der Waals surface area contributed by atoms with Gasteiger partial charge >= 0.3 is 0 Å². The van der Waals surface area contributed by atoms with Crippen molar-refractivity contribution in [3.63, 3.8) is 0 Å². The van der Waals surface area contributed by atoms with Crippen molar-refractivity contribution in [3.8, 4) is 0 Å². The van der Waals surface area contributed by atoms with Crippen LogP contribution >= 0.6 is 0 Å². The van der Waals surface area contributed by atoms with E-state index in [4.69, 9.17) is 5.11 Å². The predicted molar refractivity (Wildman–Crippen MR) is 50.6 cm³/mol. The van der Waals surface area contributed by atoms with Gasteiger partial charge in [0.25, 0.3) is 10.1 Å². The Labute approximate surface area is 80.0 Å². The van der Waals surface area contributed by atoms with Crippen LogP contribution in [-0.2, 0) is 14.3 Å². The molecule has 0 saturated carbocycles. The molecule has 0 radical (unpaired) electrons. The molecule has 0 aliphatic rings. The summed E-state index contributed by atoms with van der Waals surface area (Å²) >= 11 is 0. The van der Waals surface area contributed by atoms with Crippen LogP contribution in [0.5, 0.6) is 0 Å². The Morgan fingerprint density at radius 2 is 1.85 bits per heavy atom. The van der Waals surface area contributed by atoms with E-state index >= 15 is 0 Å². The molecule has 1 unspecified atom stereocenters. The zero-order chi connectivity index (χ0) is 10.7. The van der Waals surface area contributed by atoms with Gasteiger partial charge in [0, 0.05) is 0 Å². The average Bonchev–Trinajstić information content (AvgIpc) is 1.78. The summed E-state index contributed by atoms with van der Waals surface area (Å²) in [7, 11) is -3.54. The monoisotopic (exact) mass is 210 g/mol. The van der Waals surface area contributed by atoms with Crippen molar-refractivity contribution in [1.29, 1.82) is 0 Å². The minimum Gasteiger partial charge on any atom is -0.367 e. The molecule has 0 aliphatic heterocycles. The fourth-order valence-corrected chi connectivity index (χ4v) is 1.31. The Morgan fingerprint density at radius 3 is 2.15 bits per heavy atom. The molecule has 0 heterocycles. The van der Waals surface area contributed by atoms with Gasteiger partial charge in [0.2, 0.25) is 0 Å². The predicted octanol–water partition coefficient (Wildman–Crippen LogP) is 1.11. The smallest absolute Gasteiger partial charge is 0.266 e. The quantitative estimate of drug-likeness (QED) is 0.557. The third-order valence-electron chi connectivity index (χ3n) is 1.43. The van der Waals surface area contributed by atoms with Crippen molar-refractivity contribution in [2.75, 3.05) is 6.26 Å². The van der Waals surface area contributed by atoms with Crippen LogP contribution < -0.4 is 0 Å². The highest BCUT2D eigenvalue weighted by atomic mass is 32.2. The van der Waals surface area contributed by atoms with Gasteiger partial charge in [0.1, 0.15) is 0 Å². The van der Waals surface area contributed by atoms with E-state index in [0.717, 1.165) is 6.26 Å². The van der Waals surface area contributed by atoms with E-state index in [1.54, 1.807) is 0 Å². The van der Waals surface area contributed by atoms with Gasteiger partial charge in [-0.1, -0.05) is 20.8 Å². The molecule has 0 aromatic heterocycles. The van der Waals surface area contributed by atoms with Crippen molar-refractivity contribution in [3.05, 3.63) is 0 Å². The summed E-state index contributed by atoms with van der Waals surface area (Å²) < 4.78 is 25.5. The van der Waals surface area contributed by atoms with Crippen molar-refractivity contribution in [1.82, 2.24) is 0 Å². The SMILES string of the molecule is CC(C)(C)CCC(O)OS(C)(=O)=O. The lowest BCUT2D eigenvalue weighted by Crippen LogP contribution is -2.19. The summed E-state index contributed by atoms with van der Waals surface area (Å²) in [6, 6.07) is 0. The lowest BCUT2D eigenvalue weighted by Gasteiger charge is -2.19. The Hall–Kier alpha value is -0.130. The van der Waals surface area contributed by atoms with Crippen LogP contribution in [-0.4, -0.2) is 26.1 Å². The molecule has 0 saturated heterocycles. The third-order valence-corrected chi connectivity index (χ3v) is 2.00. The minimum absolute atomic E-state index is 0.0713. The van der Waals surface area contributed by atoms with E-state index < -0.39 is 16.4 Å². The summed E-state index contributed by atoms with van der Waals surface area (Å²) in [5.41, 5.74) is 0.0713. The second kappa shape index (κ2) is 4.39. The van der Waals surface area contributed by atoms with Gasteiger partial charge in [-0.25, -0.2) is 4.18 Å².